The van der Waals surface area contributed by atoms with Crippen molar-refractivity contribution in [1.82, 2.24) is 0 Å². The van der Waals surface area contributed by atoms with E-state index in [0.717, 1.165) is 24.5 Å². The molecule has 1 aromatic carbocycles. The summed E-state index contributed by atoms with van der Waals surface area (Å²) in [7, 11) is 1.74. The van der Waals surface area contributed by atoms with Crippen molar-refractivity contribution in [2.24, 2.45) is 0 Å². The summed E-state index contributed by atoms with van der Waals surface area (Å²) in [6.07, 6.45) is 11.5. The van der Waals surface area contributed by atoms with E-state index in [2.05, 4.69) is 60.4 Å². The number of anilines is 1. The number of benzene rings is 1. The van der Waals surface area contributed by atoms with Gasteiger partial charge in [-0.3, -0.25) is 0 Å². The molecule has 0 unspecified atom stereocenters. The first-order valence-electron chi connectivity index (χ1n) is 8.48. The third kappa shape index (κ3) is 3.20. The van der Waals surface area contributed by atoms with Gasteiger partial charge < -0.3 is 14.4 Å². The monoisotopic (exact) mass is 351 g/mol. The number of fused-ring (bicyclic) bond motifs is 2. The standard InChI is InChI=1S/C21H21NO2S/c1-15-13-16(24-19-9-5-3-7-17(15)19)14-21-22(11-12-23-2)18-8-4-6-10-20(18)25-21/h3-6,8-10,13-14H,7,11-12H2,1-2H3. The van der Waals surface area contributed by atoms with Crippen LogP contribution >= 0.6 is 11.8 Å². The fraction of sp³-hybridized carbons (Fsp3) is 0.238. The van der Waals surface area contributed by atoms with Crippen LogP contribution in [0.25, 0.3) is 0 Å². The molecule has 1 aliphatic carbocycles. The Morgan fingerprint density at radius 2 is 2.20 bits per heavy atom. The third-order valence-electron chi connectivity index (χ3n) is 4.49. The molecule has 128 valence electrons. The maximum atomic E-state index is 6.14. The Kier molecular flexibility index (Phi) is 4.55. The number of para-hydroxylation sites is 1. The number of methoxy groups -OCH3 is 1. The van der Waals surface area contributed by atoms with Crippen LogP contribution in [0.1, 0.15) is 13.3 Å². The number of allylic oxidation sites excluding steroid dienone is 7. The Labute approximate surface area is 153 Å². The lowest BCUT2D eigenvalue weighted by Gasteiger charge is -2.24. The maximum Gasteiger partial charge on any atom is 0.131 e. The zero-order valence-electron chi connectivity index (χ0n) is 14.5. The first-order valence-corrected chi connectivity index (χ1v) is 9.29. The molecule has 1 aromatic rings. The van der Waals surface area contributed by atoms with Crippen LogP contribution in [0.15, 0.2) is 87.2 Å². The molecule has 4 rings (SSSR count). The van der Waals surface area contributed by atoms with Crippen LogP contribution in [0.2, 0.25) is 0 Å². The highest BCUT2D eigenvalue weighted by molar-refractivity contribution is 8.03. The number of rotatable bonds is 4. The van der Waals surface area contributed by atoms with Gasteiger partial charge in [-0.05, 0) is 43.2 Å². The van der Waals surface area contributed by atoms with Crippen LogP contribution in [0.5, 0.6) is 0 Å². The van der Waals surface area contributed by atoms with Gasteiger partial charge in [-0.2, -0.15) is 0 Å². The fourth-order valence-corrected chi connectivity index (χ4v) is 4.35. The largest absolute Gasteiger partial charge is 0.457 e. The first kappa shape index (κ1) is 16.3. The maximum absolute atomic E-state index is 6.14. The lowest BCUT2D eigenvalue weighted by atomic mass is 9.98. The van der Waals surface area contributed by atoms with Crippen molar-refractivity contribution in [2.45, 2.75) is 18.2 Å². The van der Waals surface area contributed by atoms with Crippen LogP contribution in [0.4, 0.5) is 5.69 Å². The molecule has 0 bridgehead atoms. The Hall–Kier alpha value is -2.17. The lowest BCUT2D eigenvalue weighted by Crippen LogP contribution is -2.22. The van der Waals surface area contributed by atoms with Gasteiger partial charge in [0.2, 0.25) is 0 Å². The molecule has 25 heavy (non-hydrogen) atoms. The molecule has 0 saturated carbocycles. The van der Waals surface area contributed by atoms with Crippen LogP contribution in [0, 0.1) is 0 Å². The molecule has 0 atom stereocenters. The normalized spacial score (nSPS) is 20.2. The summed E-state index contributed by atoms with van der Waals surface area (Å²) in [5.41, 5.74) is 3.79. The zero-order valence-corrected chi connectivity index (χ0v) is 15.3. The SMILES string of the molecule is COCCN1C(=CC2=CC(C)=C3CC=CC=C3O2)Sc2ccccc21. The highest BCUT2D eigenvalue weighted by Crippen LogP contribution is 2.46. The molecule has 0 N–H and O–H groups in total. The molecular formula is C21H21NO2S. The van der Waals surface area contributed by atoms with E-state index in [9.17, 15) is 0 Å². The summed E-state index contributed by atoms with van der Waals surface area (Å²) in [6, 6.07) is 8.48. The van der Waals surface area contributed by atoms with Crippen LogP contribution < -0.4 is 4.90 Å². The molecule has 0 saturated heterocycles. The second-order valence-corrected chi connectivity index (χ2v) is 7.23. The van der Waals surface area contributed by atoms with Crippen molar-refractivity contribution in [1.29, 1.82) is 0 Å². The van der Waals surface area contributed by atoms with Gasteiger partial charge in [0.25, 0.3) is 0 Å². The number of thioether (sulfide) groups is 1. The van der Waals surface area contributed by atoms with Gasteiger partial charge in [-0.1, -0.05) is 36.0 Å². The topological polar surface area (TPSA) is 21.7 Å². The van der Waals surface area contributed by atoms with Crippen LogP contribution in [-0.2, 0) is 9.47 Å². The second-order valence-electron chi connectivity index (χ2n) is 6.17. The first-order chi connectivity index (χ1) is 12.3. The van der Waals surface area contributed by atoms with Gasteiger partial charge in [-0.15, -0.1) is 0 Å². The van der Waals surface area contributed by atoms with Gasteiger partial charge >= 0.3 is 0 Å². The number of ether oxygens (including phenoxy) is 2. The van der Waals surface area contributed by atoms with Gasteiger partial charge in [0.05, 0.1) is 17.3 Å². The minimum absolute atomic E-state index is 0.686. The van der Waals surface area contributed by atoms with E-state index in [1.54, 1.807) is 18.9 Å². The lowest BCUT2D eigenvalue weighted by molar-refractivity contribution is 0.207. The Balaban J connectivity index is 1.66. The van der Waals surface area contributed by atoms with Crippen LogP contribution in [-0.4, -0.2) is 20.3 Å². The van der Waals surface area contributed by atoms with E-state index < -0.39 is 0 Å². The van der Waals surface area contributed by atoms with Gasteiger partial charge in [-0.25, -0.2) is 0 Å². The van der Waals surface area contributed by atoms with Crippen molar-refractivity contribution >= 4 is 17.4 Å². The minimum atomic E-state index is 0.686. The smallest absolute Gasteiger partial charge is 0.131 e. The number of hydrogen-bond donors (Lipinski definition) is 0. The zero-order chi connectivity index (χ0) is 17.2. The molecule has 2 heterocycles. The van der Waals surface area contributed by atoms with E-state index in [-0.39, 0.29) is 0 Å². The van der Waals surface area contributed by atoms with Crippen molar-refractivity contribution in [3.8, 4) is 0 Å². The van der Waals surface area contributed by atoms with Crippen molar-refractivity contribution in [2.75, 3.05) is 25.2 Å². The molecule has 4 heteroatoms. The van der Waals surface area contributed by atoms with E-state index in [0.29, 0.717) is 6.61 Å². The van der Waals surface area contributed by atoms with Gasteiger partial charge in [0.1, 0.15) is 11.5 Å². The molecule has 3 aliphatic rings. The van der Waals surface area contributed by atoms with Crippen LogP contribution in [0.3, 0.4) is 0 Å². The predicted molar refractivity (Wildman–Crippen MR) is 103 cm³/mol. The summed E-state index contributed by atoms with van der Waals surface area (Å²) in [4.78, 5) is 3.58. The Morgan fingerprint density at radius 3 is 3.08 bits per heavy atom. The second kappa shape index (κ2) is 6.98. The van der Waals surface area contributed by atoms with Gasteiger partial charge in [0.15, 0.2) is 0 Å². The van der Waals surface area contributed by atoms with Crippen molar-refractivity contribution in [3.05, 3.63) is 82.3 Å². The molecule has 0 fully saturated rings. The van der Waals surface area contributed by atoms with E-state index in [4.69, 9.17) is 9.47 Å². The molecule has 0 spiro atoms. The van der Waals surface area contributed by atoms with E-state index in [1.165, 1.54) is 26.8 Å². The molecule has 0 aromatic heterocycles. The van der Waals surface area contributed by atoms with E-state index in [1.807, 2.05) is 6.08 Å². The van der Waals surface area contributed by atoms with Crippen molar-refractivity contribution in [3.63, 3.8) is 0 Å². The minimum Gasteiger partial charge on any atom is -0.457 e. The van der Waals surface area contributed by atoms with Gasteiger partial charge in [0, 0.05) is 30.2 Å². The quantitative estimate of drug-likeness (QED) is 0.747. The molecular weight excluding hydrogens is 330 g/mol. The van der Waals surface area contributed by atoms with E-state index >= 15 is 0 Å². The summed E-state index contributed by atoms with van der Waals surface area (Å²) >= 11 is 1.78. The number of hydrogen-bond acceptors (Lipinski definition) is 4. The molecule has 0 amide bonds. The summed E-state index contributed by atoms with van der Waals surface area (Å²) in [5.74, 6) is 1.86. The highest BCUT2D eigenvalue weighted by atomic mass is 32.2. The molecule has 0 radical (unpaired) electrons. The Morgan fingerprint density at radius 1 is 1.32 bits per heavy atom. The Bertz CT molecular complexity index is 845. The number of nitrogens with zero attached hydrogens (tertiary/aromatic N) is 1. The highest BCUT2D eigenvalue weighted by Gasteiger charge is 2.26. The third-order valence-corrected chi connectivity index (χ3v) is 5.60. The van der Waals surface area contributed by atoms with Crippen molar-refractivity contribution < 1.29 is 9.47 Å². The average molecular weight is 351 g/mol. The summed E-state index contributed by atoms with van der Waals surface area (Å²) in [6.45, 7) is 3.67. The molecule has 2 aliphatic heterocycles. The summed E-state index contributed by atoms with van der Waals surface area (Å²) in [5, 5.41) is 1.17. The predicted octanol–water partition coefficient (Wildman–Crippen LogP) is 5.16. The molecule has 3 nitrogen and oxygen atoms in total. The summed E-state index contributed by atoms with van der Waals surface area (Å²) < 4.78 is 11.4. The average Bonchev–Trinajstić information content (AvgIpc) is 2.97. The fourth-order valence-electron chi connectivity index (χ4n) is 3.22.